The van der Waals surface area contributed by atoms with Crippen molar-refractivity contribution in [3.05, 3.63) is 6.33 Å². The molecule has 1 aliphatic rings. The van der Waals surface area contributed by atoms with Gasteiger partial charge in [-0.05, 0) is 0 Å². The van der Waals surface area contributed by atoms with Gasteiger partial charge in [-0.15, -0.1) is 0 Å². The van der Waals surface area contributed by atoms with Crippen LogP contribution in [0.25, 0.3) is 0 Å². The van der Waals surface area contributed by atoms with Gasteiger partial charge in [0.25, 0.3) is 0 Å². The molecule has 1 radical (unpaired) electrons. The summed E-state index contributed by atoms with van der Waals surface area (Å²) in [5, 5.41) is 3.93. The van der Waals surface area contributed by atoms with Crippen LogP contribution in [-0.4, -0.2) is 23.4 Å². The number of aliphatic imine (C=N–C) groups is 1. The molecule has 0 saturated carbocycles. The van der Waals surface area contributed by atoms with Crippen molar-refractivity contribution in [3.8, 4) is 5.88 Å². The Labute approximate surface area is 63.2 Å². The molecule has 1 aromatic rings. The number of nitrogens with zero attached hydrogens (tertiary/aromatic N) is 4. The fourth-order valence-corrected chi connectivity index (χ4v) is 0.852. The number of fused-ring (bicyclic) bond motifs is 1. The van der Waals surface area contributed by atoms with Crippen molar-refractivity contribution in [1.29, 1.82) is 0 Å². The first kappa shape index (κ1) is 6.09. The molecule has 0 fully saturated rings. The van der Waals surface area contributed by atoms with Crippen LogP contribution in [0, 0.1) is 0 Å². The van der Waals surface area contributed by atoms with Gasteiger partial charge in [-0.2, -0.15) is 4.98 Å². The second-order valence-corrected chi connectivity index (χ2v) is 1.93. The Morgan fingerprint density at radius 3 is 3.09 bits per heavy atom. The van der Waals surface area contributed by atoms with Crippen LogP contribution in [0.15, 0.2) is 11.3 Å². The molecule has 0 spiro atoms. The van der Waals surface area contributed by atoms with E-state index in [1.54, 1.807) is 0 Å². The van der Waals surface area contributed by atoms with Crippen LogP contribution in [0.3, 0.4) is 0 Å². The highest BCUT2D eigenvalue weighted by Gasteiger charge is 2.15. The van der Waals surface area contributed by atoms with Crippen molar-refractivity contribution >= 4 is 17.8 Å². The molecule has 0 aromatic carbocycles. The molecular formula is C6H5N4O. The quantitative estimate of drug-likeness (QED) is 0.580. The summed E-state index contributed by atoms with van der Waals surface area (Å²) in [5.41, 5.74) is 0.606. The highest BCUT2D eigenvalue weighted by Crippen LogP contribution is 2.32. The predicted octanol–water partition coefficient (Wildman–Crippen LogP) is 0.394. The van der Waals surface area contributed by atoms with Gasteiger partial charge >= 0.3 is 0 Å². The van der Waals surface area contributed by atoms with Gasteiger partial charge < -0.3 is 4.74 Å². The minimum absolute atomic E-state index is 0.465. The SMILES string of the molecule is COc1ncnc2c1[N]C=N2. The van der Waals surface area contributed by atoms with Gasteiger partial charge in [-0.3, -0.25) is 0 Å². The van der Waals surface area contributed by atoms with Crippen LogP contribution in [0.2, 0.25) is 0 Å². The van der Waals surface area contributed by atoms with Crippen LogP contribution in [0.5, 0.6) is 5.88 Å². The first-order valence-electron chi connectivity index (χ1n) is 3.04. The summed E-state index contributed by atoms with van der Waals surface area (Å²) in [7, 11) is 1.54. The van der Waals surface area contributed by atoms with Crippen molar-refractivity contribution in [2.24, 2.45) is 4.99 Å². The maximum absolute atomic E-state index is 4.93. The van der Waals surface area contributed by atoms with Gasteiger partial charge in [-0.25, -0.2) is 15.3 Å². The summed E-state index contributed by atoms with van der Waals surface area (Å²) in [4.78, 5) is 11.6. The maximum atomic E-state index is 4.93. The first-order chi connectivity index (χ1) is 5.42. The molecule has 5 heteroatoms. The lowest BCUT2D eigenvalue weighted by Crippen LogP contribution is -1.94. The van der Waals surface area contributed by atoms with Crippen LogP contribution in [0.1, 0.15) is 0 Å². The van der Waals surface area contributed by atoms with E-state index >= 15 is 0 Å². The van der Waals surface area contributed by atoms with E-state index in [-0.39, 0.29) is 0 Å². The second kappa shape index (κ2) is 2.19. The van der Waals surface area contributed by atoms with Gasteiger partial charge in [0.2, 0.25) is 5.88 Å². The second-order valence-electron chi connectivity index (χ2n) is 1.93. The molecule has 0 bridgehead atoms. The lowest BCUT2D eigenvalue weighted by atomic mass is 10.5. The highest BCUT2D eigenvalue weighted by atomic mass is 16.5. The van der Waals surface area contributed by atoms with Gasteiger partial charge in [0, 0.05) is 0 Å². The third-order valence-electron chi connectivity index (χ3n) is 1.33. The lowest BCUT2D eigenvalue weighted by molar-refractivity contribution is 0.398. The Morgan fingerprint density at radius 1 is 1.36 bits per heavy atom. The standard InChI is InChI=1S/C6H5N4O/c1-11-6-4-5(8-2-7-4)9-3-10-6/h2-3H,1H3. The maximum Gasteiger partial charge on any atom is 0.245 e. The van der Waals surface area contributed by atoms with E-state index in [1.807, 2.05) is 0 Å². The number of hydrogen-bond acceptors (Lipinski definition) is 4. The zero-order valence-corrected chi connectivity index (χ0v) is 5.85. The van der Waals surface area contributed by atoms with Crippen LogP contribution >= 0.6 is 0 Å². The molecule has 55 valence electrons. The van der Waals surface area contributed by atoms with E-state index < -0.39 is 0 Å². The van der Waals surface area contributed by atoms with Gasteiger partial charge in [0.05, 0.1) is 7.11 Å². The molecule has 2 rings (SSSR count). The van der Waals surface area contributed by atoms with E-state index in [0.29, 0.717) is 17.4 Å². The smallest absolute Gasteiger partial charge is 0.245 e. The fourth-order valence-electron chi connectivity index (χ4n) is 0.852. The molecule has 1 aromatic heterocycles. The summed E-state index contributed by atoms with van der Waals surface area (Å²) >= 11 is 0. The molecule has 0 N–H and O–H groups in total. The summed E-state index contributed by atoms with van der Waals surface area (Å²) in [6.07, 6.45) is 2.83. The molecule has 2 heterocycles. The molecule has 5 nitrogen and oxygen atoms in total. The largest absolute Gasteiger partial charge is 0.479 e. The van der Waals surface area contributed by atoms with E-state index in [0.717, 1.165) is 0 Å². The fraction of sp³-hybridized carbons (Fsp3) is 0.167. The van der Waals surface area contributed by atoms with E-state index in [9.17, 15) is 0 Å². The van der Waals surface area contributed by atoms with Crippen LogP contribution in [0.4, 0.5) is 11.5 Å². The Hall–Kier alpha value is -1.65. The van der Waals surface area contributed by atoms with Gasteiger partial charge in [0.1, 0.15) is 12.7 Å². The van der Waals surface area contributed by atoms with Crippen LogP contribution in [-0.2, 0) is 0 Å². The Balaban J connectivity index is 2.55. The topological polar surface area (TPSA) is 61.5 Å². The molecular weight excluding hydrogens is 144 g/mol. The summed E-state index contributed by atoms with van der Waals surface area (Å²) < 4.78 is 4.93. The van der Waals surface area contributed by atoms with Crippen molar-refractivity contribution in [2.75, 3.05) is 7.11 Å². The molecule has 1 aliphatic heterocycles. The Bertz CT molecular complexity index is 309. The third-order valence-corrected chi connectivity index (χ3v) is 1.33. The summed E-state index contributed by atoms with van der Waals surface area (Å²) in [6, 6.07) is 0. The zero-order valence-electron chi connectivity index (χ0n) is 5.85. The Kier molecular flexibility index (Phi) is 1.21. The number of methoxy groups -OCH3 is 1. The molecule has 0 atom stereocenters. The minimum Gasteiger partial charge on any atom is -0.479 e. The first-order valence-corrected chi connectivity index (χ1v) is 3.04. The monoisotopic (exact) mass is 149 g/mol. The van der Waals surface area contributed by atoms with Crippen molar-refractivity contribution in [3.63, 3.8) is 0 Å². The van der Waals surface area contributed by atoms with Crippen LogP contribution < -0.4 is 10.1 Å². The summed E-state index contributed by atoms with van der Waals surface area (Å²) in [5.74, 6) is 1.03. The minimum atomic E-state index is 0.465. The van der Waals surface area contributed by atoms with Crippen molar-refractivity contribution < 1.29 is 4.74 Å². The van der Waals surface area contributed by atoms with Crippen molar-refractivity contribution in [2.45, 2.75) is 0 Å². The van der Waals surface area contributed by atoms with E-state index in [1.165, 1.54) is 19.8 Å². The molecule has 0 amide bonds. The normalized spacial score (nSPS) is 12.5. The predicted molar refractivity (Wildman–Crippen MR) is 38.5 cm³/mol. The number of hydrogen-bond donors (Lipinski definition) is 0. The summed E-state index contributed by atoms with van der Waals surface area (Å²) in [6.45, 7) is 0. The van der Waals surface area contributed by atoms with E-state index in [2.05, 4.69) is 20.3 Å². The van der Waals surface area contributed by atoms with Gasteiger partial charge in [0.15, 0.2) is 11.5 Å². The number of rotatable bonds is 1. The lowest BCUT2D eigenvalue weighted by Gasteiger charge is -2.00. The molecule has 0 unspecified atom stereocenters. The number of ether oxygens (including phenoxy) is 1. The average Bonchev–Trinajstić information content (AvgIpc) is 2.50. The molecule has 11 heavy (non-hydrogen) atoms. The zero-order chi connectivity index (χ0) is 7.68. The van der Waals surface area contributed by atoms with E-state index in [4.69, 9.17) is 4.74 Å². The Morgan fingerprint density at radius 2 is 2.27 bits per heavy atom. The highest BCUT2D eigenvalue weighted by molar-refractivity contribution is 5.81. The van der Waals surface area contributed by atoms with Gasteiger partial charge in [-0.1, -0.05) is 0 Å². The molecule has 0 saturated heterocycles. The molecule has 0 aliphatic carbocycles. The average molecular weight is 149 g/mol. The number of aromatic nitrogens is 2. The third kappa shape index (κ3) is 0.813. The van der Waals surface area contributed by atoms with Crippen molar-refractivity contribution in [1.82, 2.24) is 15.3 Å².